The molecule has 1 aromatic carbocycles. The van der Waals surface area contributed by atoms with E-state index in [9.17, 15) is 13.2 Å². The smallest absolute Gasteiger partial charge is 0.362 e. The minimum Gasteiger partial charge on any atom is -0.362 e. The lowest BCUT2D eigenvalue weighted by atomic mass is 10.1. The van der Waals surface area contributed by atoms with Crippen LogP contribution >= 0.6 is 12.2 Å². The molecule has 0 atom stereocenters. The maximum Gasteiger partial charge on any atom is 0.419 e. The summed E-state index contributed by atoms with van der Waals surface area (Å²) in [5.74, 6) is 0.686. The topological polar surface area (TPSA) is 32.6 Å². The Morgan fingerprint density at radius 1 is 1.04 bits per heavy atom. The normalized spacial score (nSPS) is 14.9. The van der Waals surface area contributed by atoms with Crippen LogP contribution < -0.4 is 15.2 Å². The van der Waals surface area contributed by atoms with Gasteiger partial charge in [0.1, 0.15) is 19.3 Å². The molecule has 1 saturated heterocycles. The highest BCUT2D eigenvalue weighted by Crippen LogP contribution is 2.28. The highest BCUT2D eigenvalue weighted by atomic mass is 32.1. The van der Waals surface area contributed by atoms with Gasteiger partial charge in [0.2, 0.25) is 0 Å². The van der Waals surface area contributed by atoms with E-state index in [0.717, 1.165) is 43.4 Å². The van der Waals surface area contributed by atoms with Crippen molar-refractivity contribution in [3.63, 3.8) is 0 Å². The predicted octanol–water partition coefficient (Wildman–Crippen LogP) is 2.76. The Hall–Kier alpha value is -2.35. The number of nitrogens with zero attached hydrogens (tertiary/aromatic N) is 2. The molecule has 27 heavy (non-hydrogen) atoms. The number of thiocarbonyl (C=S) groups is 1. The number of piperazine rings is 1. The largest absolute Gasteiger partial charge is 0.419 e. The van der Waals surface area contributed by atoms with E-state index >= 15 is 0 Å². The predicted molar refractivity (Wildman–Crippen MR) is 103 cm³/mol. The summed E-state index contributed by atoms with van der Waals surface area (Å²) in [6.45, 7) is 3.62. The number of pyridine rings is 1. The maximum absolute atomic E-state index is 12.7. The van der Waals surface area contributed by atoms with Crippen LogP contribution in [0.1, 0.15) is 11.1 Å². The molecule has 1 aliphatic rings. The number of aromatic nitrogens is 1. The van der Waals surface area contributed by atoms with Gasteiger partial charge in [-0.05, 0) is 30.3 Å². The number of rotatable bonds is 4. The van der Waals surface area contributed by atoms with Crippen molar-refractivity contribution in [3.8, 4) is 0 Å². The zero-order valence-corrected chi connectivity index (χ0v) is 15.6. The number of halogens is 3. The van der Waals surface area contributed by atoms with Crippen molar-refractivity contribution in [2.75, 3.05) is 37.6 Å². The fraction of sp³-hybridized carbons (Fsp3) is 0.368. The van der Waals surface area contributed by atoms with Crippen LogP contribution in [0.3, 0.4) is 0 Å². The minimum absolute atomic E-state index is 0.673. The molecule has 2 heterocycles. The van der Waals surface area contributed by atoms with Crippen LogP contribution in [0.2, 0.25) is 0 Å². The van der Waals surface area contributed by atoms with Crippen molar-refractivity contribution in [1.82, 2.24) is 10.2 Å². The molecule has 4 nitrogen and oxygen atoms in total. The first-order valence-electron chi connectivity index (χ1n) is 8.84. The van der Waals surface area contributed by atoms with Gasteiger partial charge < -0.3 is 10.2 Å². The van der Waals surface area contributed by atoms with Gasteiger partial charge in [0.25, 0.3) is 5.82 Å². The molecular weight excluding hydrogens is 373 g/mol. The molecule has 1 aromatic heterocycles. The fourth-order valence-corrected chi connectivity index (χ4v) is 3.29. The number of benzene rings is 1. The number of hydrogen-bond acceptors (Lipinski definition) is 2. The summed E-state index contributed by atoms with van der Waals surface area (Å²) in [7, 11) is 0. The summed E-state index contributed by atoms with van der Waals surface area (Å²) in [6.07, 6.45) is -2.41. The quantitative estimate of drug-likeness (QED) is 0.807. The molecule has 0 amide bonds. The molecule has 0 aliphatic carbocycles. The van der Waals surface area contributed by atoms with Gasteiger partial charge in [-0.2, -0.15) is 13.2 Å². The summed E-state index contributed by atoms with van der Waals surface area (Å²) in [6, 6.07) is 12.8. The van der Waals surface area contributed by atoms with E-state index in [1.165, 1.54) is 11.6 Å². The number of nitrogens with one attached hydrogen (secondary N) is 2. The van der Waals surface area contributed by atoms with Crippen molar-refractivity contribution >= 4 is 23.1 Å². The molecule has 0 saturated carbocycles. The maximum atomic E-state index is 12.7. The average molecular weight is 395 g/mol. The van der Waals surface area contributed by atoms with Crippen LogP contribution in [0.15, 0.2) is 48.7 Å². The Morgan fingerprint density at radius 2 is 1.74 bits per heavy atom. The van der Waals surface area contributed by atoms with Crippen LogP contribution in [0.25, 0.3) is 0 Å². The third kappa shape index (κ3) is 5.32. The van der Waals surface area contributed by atoms with Crippen LogP contribution in [0, 0.1) is 0 Å². The van der Waals surface area contributed by atoms with E-state index in [4.69, 9.17) is 12.2 Å². The van der Waals surface area contributed by atoms with Gasteiger partial charge in [0.05, 0.1) is 18.7 Å². The van der Waals surface area contributed by atoms with Gasteiger partial charge in [-0.15, -0.1) is 0 Å². The lowest BCUT2D eigenvalue weighted by Gasteiger charge is -2.32. The Morgan fingerprint density at radius 3 is 2.33 bits per heavy atom. The Labute approximate surface area is 162 Å². The molecule has 1 fully saturated rings. The number of H-pyrrole nitrogens is 1. The van der Waals surface area contributed by atoms with Gasteiger partial charge in [0, 0.05) is 12.6 Å². The second kappa shape index (κ2) is 8.56. The molecule has 2 N–H and O–H groups in total. The van der Waals surface area contributed by atoms with E-state index in [0.29, 0.717) is 18.9 Å². The molecule has 1 aliphatic heterocycles. The average Bonchev–Trinajstić information content (AvgIpc) is 2.68. The molecule has 0 spiro atoms. The fourth-order valence-electron chi connectivity index (χ4n) is 3.01. The molecule has 0 bridgehead atoms. The highest BCUT2D eigenvalue weighted by molar-refractivity contribution is 7.80. The van der Waals surface area contributed by atoms with Crippen LogP contribution in [0.5, 0.6) is 0 Å². The first-order chi connectivity index (χ1) is 12.9. The zero-order chi connectivity index (χ0) is 19.3. The number of alkyl halides is 3. The van der Waals surface area contributed by atoms with Crippen molar-refractivity contribution in [1.29, 1.82) is 0 Å². The number of aromatic amines is 1. The second-order valence-corrected chi connectivity index (χ2v) is 6.79. The standard InChI is InChI=1S/C19H21F3N4S/c20-19(21,22)16-6-7-17(24-14-16)25-10-12-26(13-11-25)18(27)23-9-8-15-4-2-1-3-5-15/h1-7,14H,8-13H2,(H,23,27)/p+1. The first kappa shape index (κ1) is 19.4. The van der Waals surface area contributed by atoms with E-state index in [1.807, 2.05) is 23.1 Å². The van der Waals surface area contributed by atoms with Crippen molar-refractivity contribution in [2.24, 2.45) is 0 Å². The van der Waals surface area contributed by atoms with Gasteiger partial charge in [-0.3, -0.25) is 4.90 Å². The molecule has 8 heteroatoms. The molecule has 144 valence electrons. The summed E-state index contributed by atoms with van der Waals surface area (Å²) >= 11 is 5.47. The first-order valence-corrected chi connectivity index (χ1v) is 9.25. The van der Waals surface area contributed by atoms with E-state index < -0.39 is 11.7 Å². The minimum atomic E-state index is -4.33. The summed E-state index contributed by atoms with van der Waals surface area (Å²) in [4.78, 5) is 6.88. The molecule has 2 aromatic rings. The van der Waals surface area contributed by atoms with Crippen molar-refractivity contribution in [2.45, 2.75) is 12.6 Å². The van der Waals surface area contributed by atoms with E-state index in [2.05, 4.69) is 27.3 Å². The molecule has 3 rings (SSSR count). The van der Waals surface area contributed by atoms with Crippen LogP contribution in [0.4, 0.5) is 19.0 Å². The second-order valence-electron chi connectivity index (χ2n) is 6.40. The SMILES string of the molecule is FC(F)(F)c1ccc(N2CCN(C(=S)NCCc3ccccc3)CC2)[nH+]c1. The number of hydrogen-bond donors (Lipinski definition) is 1. The van der Waals surface area contributed by atoms with Crippen molar-refractivity contribution in [3.05, 3.63) is 59.8 Å². The monoisotopic (exact) mass is 395 g/mol. The summed E-state index contributed by atoms with van der Waals surface area (Å²) in [5, 5.41) is 4.01. The lowest BCUT2D eigenvalue weighted by Crippen LogP contribution is -2.52. The Kier molecular flexibility index (Phi) is 6.15. The summed E-state index contributed by atoms with van der Waals surface area (Å²) in [5.41, 5.74) is 0.587. The lowest BCUT2D eigenvalue weighted by molar-refractivity contribution is -0.367. The summed E-state index contributed by atoms with van der Waals surface area (Å²) < 4.78 is 38.0. The van der Waals surface area contributed by atoms with Gasteiger partial charge >= 0.3 is 6.18 Å². The van der Waals surface area contributed by atoms with Crippen LogP contribution in [-0.2, 0) is 12.6 Å². The van der Waals surface area contributed by atoms with E-state index in [1.54, 1.807) is 0 Å². The third-order valence-corrected chi connectivity index (χ3v) is 4.97. The highest BCUT2D eigenvalue weighted by Gasteiger charge is 2.32. The zero-order valence-electron chi connectivity index (χ0n) is 14.8. The van der Waals surface area contributed by atoms with Crippen molar-refractivity contribution < 1.29 is 18.2 Å². The number of anilines is 1. The van der Waals surface area contributed by atoms with Gasteiger partial charge in [0.15, 0.2) is 5.11 Å². The molecule has 0 radical (unpaired) electrons. The Balaban J connectivity index is 1.45. The molecule has 0 unspecified atom stereocenters. The van der Waals surface area contributed by atoms with E-state index in [-0.39, 0.29) is 0 Å². The van der Waals surface area contributed by atoms with Crippen LogP contribution in [-0.4, -0.2) is 42.7 Å². The Bertz CT molecular complexity index is 742. The van der Waals surface area contributed by atoms with Gasteiger partial charge in [-0.25, -0.2) is 4.98 Å². The van der Waals surface area contributed by atoms with Gasteiger partial charge in [-0.1, -0.05) is 30.3 Å². The molecular formula is C19H22F3N4S+. The third-order valence-electron chi connectivity index (χ3n) is 4.56.